The van der Waals surface area contributed by atoms with Crippen LogP contribution in [0.3, 0.4) is 0 Å². The van der Waals surface area contributed by atoms with Crippen molar-refractivity contribution in [2.24, 2.45) is 0 Å². The van der Waals surface area contributed by atoms with Gasteiger partial charge in [-0.2, -0.15) is 0 Å². The van der Waals surface area contributed by atoms with Crippen LogP contribution in [-0.4, -0.2) is 23.9 Å². The van der Waals surface area contributed by atoms with Crippen molar-refractivity contribution >= 4 is 29.2 Å². The van der Waals surface area contributed by atoms with E-state index in [1.807, 2.05) is 12.1 Å². The van der Waals surface area contributed by atoms with Gasteiger partial charge in [0.05, 0.1) is 11.8 Å². The first-order valence-corrected chi connectivity index (χ1v) is 9.52. The van der Waals surface area contributed by atoms with Crippen molar-refractivity contribution in [1.29, 1.82) is 0 Å². The van der Waals surface area contributed by atoms with Gasteiger partial charge in [-0.3, -0.25) is 9.59 Å². The molecule has 0 aliphatic heterocycles. The molecule has 0 aliphatic rings. The summed E-state index contributed by atoms with van der Waals surface area (Å²) in [5.41, 5.74) is 2.56. The summed E-state index contributed by atoms with van der Waals surface area (Å²) in [5.74, 6) is -1.27. The Morgan fingerprint density at radius 1 is 0.933 bits per heavy atom. The number of carbonyl (C=O) groups excluding carboxylic acids is 3. The summed E-state index contributed by atoms with van der Waals surface area (Å²) in [4.78, 5) is 36.5. The molecule has 2 N–H and O–H groups in total. The standard InChI is InChI=1S/C23H22N2O5/c1-3-16-6-10-18(11-7-16)24-21(26)15(2)30-23(28)17-8-12-19(13-9-17)25-22(27)20-5-4-14-29-20/h4-15H,3H2,1-2H3,(H,24,26)(H,25,27). The van der Waals surface area contributed by atoms with Crippen LogP contribution in [0.2, 0.25) is 0 Å². The molecule has 0 fully saturated rings. The van der Waals surface area contributed by atoms with Crippen LogP contribution in [0.4, 0.5) is 11.4 Å². The average Bonchev–Trinajstić information content (AvgIpc) is 3.30. The molecular weight excluding hydrogens is 384 g/mol. The van der Waals surface area contributed by atoms with Gasteiger partial charge >= 0.3 is 5.97 Å². The maximum Gasteiger partial charge on any atom is 0.338 e. The Morgan fingerprint density at radius 3 is 2.17 bits per heavy atom. The highest BCUT2D eigenvalue weighted by Gasteiger charge is 2.19. The van der Waals surface area contributed by atoms with Gasteiger partial charge in [0.25, 0.3) is 11.8 Å². The van der Waals surface area contributed by atoms with E-state index in [2.05, 4.69) is 17.6 Å². The highest BCUT2D eigenvalue weighted by atomic mass is 16.5. The van der Waals surface area contributed by atoms with Crippen LogP contribution in [0.25, 0.3) is 0 Å². The zero-order valence-electron chi connectivity index (χ0n) is 16.7. The van der Waals surface area contributed by atoms with E-state index < -0.39 is 23.9 Å². The predicted molar refractivity (Wildman–Crippen MR) is 112 cm³/mol. The topological polar surface area (TPSA) is 97.6 Å². The molecule has 7 nitrogen and oxygen atoms in total. The molecule has 1 atom stereocenters. The fourth-order valence-electron chi connectivity index (χ4n) is 2.64. The van der Waals surface area contributed by atoms with E-state index in [0.717, 1.165) is 12.0 Å². The maximum absolute atomic E-state index is 12.3. The van der Waals surface area contributed by atoms with Crippen LogP contribution >= 0.6 is 0 Å². The molecule has 0 saturated heterocycles. The molecule has 154 valence electrons. The number of hydrogen-bond donors (Lipinski definition) is 2. The summed E-state index contributed by atoms with van der Waals surface area (Å²) in [6.45, 7) is 3.56. The number of anilines is 2. The third kappa shape index (κ3) is 5.35. The maximum atomic E-state index is 12.3. The molecule has 2 amide bonds. The summed E-state index contributed by atoms with van der Waals surface area (Å²) in [5, 5.41) is 5.38. The largest absolute Gasteiger partial charge is 0.459 e. The lowest BCUT2D eigenvalue weighted by molar-refractivity contribution is -0.123. The molecule has 0 bridgehead atoms. The molecule has 1 unspecified atom stereocenters. The van der Waals surface area contributed by atoms with E-state index in [1.165, 1.54) is 25.3 Å². The Morgan fingerprint density at radius 2 is 1.57 bits per heavy atom. The van der Waals surface area contributed by atoms with Crippen LogP contribution in [-0.2, 0) is 16.0 Å². The van der Waals surface area contributed by atoms with Gasteiger partial charge in [0.15, 0.2) is 11.9 Å². The van der Waals surface area contributed by atoms with Gasteiger partial charge in [0.1, 0.15) is 0 Å². The number of amides is 2. The minimum Gasteiger partial charge on any atom is -0.459 e. The van der Waals surface area contributed by atoms with Gasteiger partial charge in [-0.1, -0.05) is 19.1 Å². The Hall–Kier alpha value is -3.87. The van der Waals surface area contributed by atoms with E-state index in [0.29, 0.717) is 11.4 Å². The van der Waals surface area contributed by atoms with Crippen molar-refractivity contribution in [3.8, 4) is 0 Å². The fourth-order valence-corrected chi connectivity index (χ4v) is 2.64. The lowest BCUT2D eigenvalue weighted by Crippen LogP contribution is -2.30. The second kappa shape index (κ2) is 9.56. The fraction of sp³-hybridized carbons (Fsp3) is 0.174. The first-order valence-electron chi connectivity index (χ1n) is 9.52. The smallest absolute Gasteiger partial charge is 0.338 e. The van der Waals surface area contributed by atoms with Crippen molar-refractivity contribution < 1.29 is 23.5 Å². The summed E-state index contributed by atoms with van der Waals surface area (Å²) in [6, 6.07) is 16.8. The molecule has 0 saturated carbocycles. The minimum atomic E-state index is -0.971. The molecule has 30 heavy (non-hydrogen) atoms. The molecule has 0 radical (unpaired) electrons. The number of rotatable bonds is 7. The highest BCUT2D eigenvalue weighted by Crippen LogP contribution is 2.14. The van der Waals surface area contributed by atoms with Crippen LogP contribution < -0.4 is 10.6 Å². The number of aryl methyl sites for hydroxylation is 1. The first kappa shape index (κ1) is 20.9. The van der Waals surface area contributed by atoms with Gasteiger partial charge in [0, 0.05) is 11.4 Å². The minimum absolute atomic E-state index is 0.183. The summed E-state index contributed by atoms with van der Waals surface area (Å²) in [7, 11) is 0. The van der Waals surface area contributed by atoms with Gasteiger partial charge in [-0.05, 0) is 67.4 Å². The van der Waals surface area contributed by atoms with Gasteiger partial charge in [-0.25, -0.2) is 4.79 Å². The molecule has 3 rings (SSSR count). The molecule has 3 aromatic rings. The van der Waals surface area contributed by atoms with Crippen LogP contribution in [0.15, 0.2) is 71.3 Å². The number of esters is 1. The van der Waals surface area contributed by atoms with Crippen molar-refractivity contribution in [2.45, 2.75) is 26.4 Å². The second-order valence-corrected chi connectivity index (χ2v) is 6.60. The Kier molecular flexibility index (Phi) is 6.64. The summed E-state index contributed by atoms with van der Waals surface area (Å²) < 4.78 is 10.3. The first-order chi connectivity index (χ1) is 14.5. The number of nitrogens with one attached hydrogen (secondary N) is 2. The SMILES string of the molecule is CCc1ccc(NC(=O)C(C)OC(=O)c2ccc(NC(=O)c3ccco3)cc2)cc1. The third-order valence-electron chi connectivity index (χ3n) is 4.41. The number of furan rings is 1. The number of ether oxygens (including phenoxy) is 1. The van der Waals surface area contributed by atoms with E-state index in [9.17, 15) is 14.4 Å². The van der Waals surface area contributed by atoms with Crippen molar-refractivity contribution in [3.05, 3.63) is 83.8 Å². The summed E-state index contributed by atoms with van der Waals surface area (Å²) >= 11 is 0. The van der Waals surface area contributed by atoms with Gasteiger partial charge < -0.3 is 19.8 Å². The molecule has 2 aromatic carbocycles. The van der Waals surface area contributed by atoms with Crippen LogP contribution in [0, 0.1) is 0 Å². The lowest BCUT2D eigenvalue weighted by atomic mass is 10.1. The molecule has 1 heterocycles. The predicted octanol–water partition coefficient (Wildman–Crippen LogP) is 4.28. The van der Waals surface area contributed by atoms with Crippen LogP contribution in [0.5, 0.6) is 0 Å². The Bertz CT molecular complexity index is 1010. The van der Waals surface area contributed by atoms with Gasteiger partial charge in [0.2, 0.25) is 0 Å². The Balaban J connectivity index is 1.54. The van der Waals surface area contributed by atoms with Crippen molar-refractivity contribution in [1.82, 2.24) is 0 Å². The molecule has 7 heteroatoms. The van der Waals surface area contributed by atoms with Crippen LogP contribution in [0.1, 0.15) is 40.3 Å². The normalized spacial score (nSPS) is 11.4. The van der Waals surface area contributed by atoms with Crippen molar-refractivity contribution in [3.63, 3.8) is 0 Å². The zero-order valence-corrected chi connectivity index (χ0v) is 16.7. The van der Waals surface area contributed by atoms with E-state index >= 15 is 0 Å². The molecule has 0 aliphatic carbocycles. The summed E-state index contributed by atoms with van der Waals surface area (Å²) in [6.07, 6.45) is 1.35. The lowest BCUT2D eigenvalue weighted by Gasteiger charge is -2.14. The quantitative estimate of drug-likeness (QED) is 0.571. The Labute approximate surface area is 174 Å². The van der Waals surface area contributed by atoms with E-state index in [4.69, 9.17) is 9.15 Å². The second-order valence-electron chi connectivity index (χ2n) is 6.60. The average molecular weight is 406 g/mol. The number of hydrogen-bond acceptors (Lipinski definition) is 5. The van der Waals surface area contributed by atoms with Crippen molar-refractivity contribution in [2.75, 3.05) is 10.6 Å². The molecule has 0 spiro atoms. The zero-order chi connectivity index (χ0) is 21.5. The number of benzene rings is 2. The number of carbonyl (C=O) groups is 3. The third-order valence-corrected chi connectivity index (χ3v) is 4.41. The van der Waals surface area contributed by atoms with Gasteiger partial charge in [-0.15, -0.1) is 0 Å². The van der Waals surface area contributed by atoms with E-state index in [-0.39, 0.29) is 11.3 Å². The highest BCUT2D eigenvalue weighted by molar-refractivity contribution is 6.02. The molecule has 1 aromatic heterocycles. The van der Waals surface area contributed by atoms with E-state index in [1.54, 1.807) is 36.4 Å². The monoisotopic (exact) mass is 406 g/mol. The molecular formula is C23H22N2O5.